The minimum Gasteiger partial charge on any atom is -0.496 e. The molecule has 0 spiro atoms. The number of rotatable bonds is 8. The Hall–Kier alpha value is -2.71. The summed E-state index contributed by atoms with van der Waals surface area (Å²) < 4.78 is 8.31. The van der Waals surface area contributed by atoms with E-state index in [0.717, 1.165) is 40.0 Å². The smallest absolute Gasteiger partial charge is 0.273 e. The van der Waals surface area contributed by atoms with E-state index in [-0.39, 0.29) is 11.9 Å². The maximum atomic E-state index is 13.1. The zero-order chi connectivity index (χ0) is 22.0. The largest absolute Gasteiger partial charge is 0.496 e. The lowest BCUT2D eigenvalue weighted by molar-refractivity contribution is 0.0935. The summed E-state index contributed by atoms with van der Waals surface area (Å²) in [6, 6.07) is 15.7. The van der Waals surface area contributed by atoms with Gasteiger partial charge in [-0.05, 0) is 57.3 Å². The molecular weight excluding hydrogens is 458 g/mol. The Labute approximate surface area is 190 Å². The SMILES string of the molecule is COc1ccccc1C(CNC(=O)c1nnn(-c2ccc(Br)cc2)c1C1CC1)N(C)C. The maximum Gasteiger partial charge on any atom is 0.273 e. The van der Waals surface area contributed by atoms with E-state index in [1.54, 1.807) is 11.8 Å². The minimum atomic E-state index is -0.202. The lowest BCUT2D eigenvalue weighted by Crippen LogP contribution is -2.35. The number of amides is 1. The fourth-order valence-electron chi connectivity index (χ4n) is 3.73. The topological polar surface area (TPSA) is 72.3 Å². The third-order valence-corrected chi connectivity index (χ3v) is 6.06. The van der Waals surface area contributed by atoms with Crippen molar-refractivity contribution in [3.05, 3.63) is 70.0 Å². The molecule has 0 saturated heterocycles. The van der Waals surface area contributed by atoms with Crippen molar-refractivity contribution >= 4 is 21.8 Å². The van der Waals surface area contributed by atoms with Crippen LogP contribution in [-0.4, -0.2) is 53.6 Å². The number of carbonyl (C=O) groups is 1. The molecule has 1 atom stereocenters. The van der Waals surface area contributed by atoms with Crippen LogP contribution in [0.5, 0.6) is 5.75 Å². The number of hydrogen-bond acceptors (Lipinski definition) is 5. The maximum absolute atomic E-state index is 13.1. The predicted octanol–water partition coefficient (Wildman–Crippen LogP) is 3.95. The van der Waals surface area contributed by atoms with Gasteiger partial charge in [-0.3, -0.25) is 4.79 Å². The van der Waals surface area contributed by atoms with Crippen LogP contribution in [0, 0.1) is 0 Å². The van der Waals surface area contributed by atoms with Crippen LogP contribution >= 0.6 is 15.9 Å². The molecular formula is C23H26BrN5O2. The van der Waals surface area contributed by atoms with Crippen LogP contribution < -0.4 is 10.1 Å². The number of para-hydroxylation sites is 1. The summed E-state index contributed by atoms with van der Waals surface area (Å²) in [6.45, 7) is 0.432. The van der Waals surface area contributed by atoms with Gasteiger partial charge >= 0.3 is 0 Å². The van der Waals surface area contributed by atoms with Gasteiger partial charge < -0.3 is 15.0 Å². The monoisotopic (exact) mass is 483 g/mol. The van der Waals surface area contributed by atoms with E-state index in [4.69, 9.17) is 4.74 Å². The van der Waals surface area contributed by atoms with Crippen LogP contribution in [0.3, 0.4) is 0 Å². The van der Waals surface area contributed by atoms with Crippen LogP contribution in [0.15, 0.2) is 53.0 Å². The van der Waals surface area contributed by atoms with Crippen LogP contribution in [0.4, 0.5) is 0 Å². The number of halogens is 1. The molecule has 0 aliphatic heterocycles. The minimum absolute atomic E-state index is 0.0361. The first-order valence-corrected chi connectivity index (χ1v) is 11.1. The highest BCUT2D eigenvalue weighted by Crippen LogP contribution is 2.42. The van der Waals surface area contributed by atoms with Crippen molar-refractivity contribution in [1.29, 1.82) is 0 Å². The van der Waals surface area contributed by atoms with Crippen molar-refractivity contribution in [3.63, 3.8) is 0 Å². The van der Waals surface area contributed by atoms with Gasteiger partial charge in [-0.1, -0.05) is 39.3 Å². The molecule has 1 aliphatic rings. The highest BCUT2D eigenvalue weighted by atomic mass is 79.9. The molecule has 1 N–H and O–H groups in total. The molecule has 3 aromatic rings. The summed E-state index contributed by atoms with van der Waals surface area (Å²) in [5.74, 6) is 0.917. The summed E-state index contributed by atoms with van der Waals surface area (Å²) in [6.07, 6.45) is 2.09. The second-order valence-electron chi connectivity index (χ2n) is 7.92. The number of ether oxygens (including phenoxy) is 1. The fraction of sp³-hybridized carbons (Fsp3) is 0.348. The average molecular weight is 484 g/mol. The van der Waals surface area contributed by atoms with Gasteiger partial charge in [0, 0.05) is 22.5 Å². The van der Waals surface area contributed by atoms with Gasteiger partial charge in [-0.2, -0.15) is 0 Å². The van der Waals surface area contributed by atoms with E-state index in [0.29, 0.717) is 18.2 Å². The van der Waals surface area contributed by atoms with Crippen LogP contribution in [0.1, 0.15) is 46.5 Å². The summed E-state index contributed by atoms with van der Waals surface area (Å²) in [5.41, 5.74) is 3.22. The van der Waals surface area contributed by atoms with E-state index < -0.39 is 0 Å². The number of aromatic nitrogens is 3. The molecule has 8 heteroatoms. The molecule has 31 heavy (non-hydrogen) atoms. The van der Waals surface area contributed by atoms with Crippen molar-refractivity contribution in [3.8, 4) is 11.4 Å². The van der Waals surface area contributed by atoms with E-state index >= 15 is 0 Å². The van der Waals surface area contributed by atoms with Crippen LogP contribution in [-0.2, 0) is 0 Å². The molecule has 162 valence electrons. The van der Waals surface area contributed by atoms with Gasteiger partial charge in [0.1, 0.15) is 5.75 Å². The van der Waals surface area contributed by atoms with Crippen molar-refractivity contribution in [1.82, 2.24) is 25.2 Å². The molecule has 1 saturated carbocycles. The van der Waals surface area contributed by atoms with Gasteiger partial charge in [0.15, 0.2) is 5.69 Å². The summed E-state index contributed by atoms with van der Waals surface area (Å²) in [7, 11) is 5.64. The van der Waals surface area contributed by atoms with Crippen molar-refractivity contribution in [2.75, 3.05) is 27.7 Å². The normalized spacial score (nSPS) is 14.5. The molecule has 2 aromatic carbocycles. The number of methoxy groups -OCH3 is 1. The summed E-state index contributed by atoms with van der Waals surface area (Å²) in [5, 5.41) is 11.6. The fourth-order valence-corrected chi connectivity index (χ4v) is 4.00. The Bertz CT molecular complexity index is 1060. The lowest BCUT2D eigenvalue weighted by atomic mass is 10.0. The molecule has 0 radical (unpaired) electrons. The third kappa shape index (κ3) is 4.65. The molecule has 1 amide bonds. The van der Waals surface area contributed by atoms with Crippen molar-refractivity contribution in [2.45, 2.75) is 24.8 Å². The zero-order valence-corrected chi connectivity index (χ0v) is 19.5. The van der Waals surface area contributed by atoms with Gasteiger partial charge in [-0.25, -0.2) is 4.68 Å². The number of hydrogen-bond donors (Lipinski definition) is 1. The second-order valence-corrected chi connectivity index (χ2v) is 8.83. The molecule has 1 heterocycles. The highest BCUT2D eigenvalue weighted by Gasteiger charge is 2.34. The number of nitrogens with zero attached hydrogens (tertiary/aromatic N) is 4. The molecule has 0 bridgehead atoms. The third-order valence-electron chi connectivity index (χ3n) is 5.53. The van der Waals surface area contributed by atoms with Crippen molar-refractivity contribution < 1.29 is 9.53 Å². The number of carbonyl (C=O) groups excluding carboxylic acids is 1. The molecule has 1 fully saturated rings. The average Bonchev–Trinajstić information content (AvgIpc) is 3.52. The Morgan fingerprint density at radius 2 is 1.94 bits per heavy atom. The first-order chi connectivity index (χ1) is 15.0. The van der Waals surface area contributed by atoms with E-state index in [9.17, 15) is 4.79 Å². The standard InChI is InChI=1S/C23H26BrN5O2/c1-28(2)19(18-6-4-5-7-20(18)31-3)14-25-23(30)21-22(15-8-9-15)29(27-26-21)17-12-10-16(24)11-13-17/h4-7,10-13,15,19H,8-9,14H2,1-3H3,(H,25,30). The van der Waals surface area contributed by atoms with Crippen LogP contribution in [0.25, 0.3) is 5.69 Å². The molecule has 1 aliphatic carbocycles. The van der Waals surface area contributed by atoms with Crippen molar-refractivity contribution in [2.24, 2.45) is 0 Å². The summed E-state index contributed by atoms with van der Waals surface area (Å²) in [4.78, 5) is 15.2. The van der Waals surface area contributed by atoms with E-state index in [1.165, 1.54) is 0 Å². The Morgan fingerprint density at radius 3 is 2.58 bits per heavy atom. The van der Waals surface area contributed by atoms with Gasteiger partial charge in [-0.15, -0.1) is 5.10 Å². The Kier molecular flexibility index (Phi) is 6.38. The quantitative estimate of drug-likeness (QED) is 0.525. The lowest BCUT2D eigenvalue weighted by Gasteiger charge is -2.26. The Balaban J connectivity index is 1.56. The molecule has 1 aromatic heterocycles. The molecule has 7 nitrogen and oxygen atoms in total. The zero-order valence-electron chi connectivity index (χ0n) is 17.9. The molecule has 1 unspecified atom stereocenters. The van der Waals surface area contributed by atoms with E-state index in [1.807, 2.05) is 62.6 Å². The number of nitrogens with one attached hydrogen (secondary N) is 1. The van der Waals surface area contributed by atoms with E-state index in [2.05, 4.69) is 36.5 Å². The first kappa shape index (κ1) is 21.5. The molecule has 4 rings (SSSR count). The summed E-state index contributed by atoms with van der Waals surface area (Å²) >= 11 is 3.46. The first-order valence-electron chi connectivity index (χ1n) is 10.3. The van der Waals surface area contributed by atoms with Gasteiger partial charge in [0.2, 0.25) is 0 Å². The highest BCUT2D eigenvalue weighted by molar-refractivity contribution is 9.10. The number of benzene rings is 2. The van der Waals surface area contributed by atoms with Gasteiger partial charge in [0.05, 0.1) is 24.5 Å². The second kappa shape index (κ2) is 9.20. The van der Waals surface area contributed by atoms with Crippen LogP contribution in [0.2, 0.25) is 0 Å². The number of likely N-dealkylation sites (N-methyl/N-ethyl adjacent to an activating group) is 1. The Morgan fingerprint density at radius 1 is 1.23 bits per heavy atom. The van der Waals surface area contributed by atoms with Gasteiger partial charge in [0.25, 0.3) is 5.91 Å². The predicted molar refractivity (Wildman–Crippen MR) is 123 cm³/mol.